The highest BCUT2D eigenvalue weighted by molar-refractivity contribution is 5.71. The Kier molecular flexibility index (Phi) is 5.63. The van der Waals surface area contributed by atoms with Crippen LogP contribution in [0.4, 0.5) is 30.4 Å². The van der Waals surface area contributed by atoms with E-state index in [0.717, 1.165) is 50.3 Å². The number of pyridine rings is 1. The van der Waals surface area contributed by atoms with E-state index in [-0.39, 0.29) is 0 Å². The molecule has 1 aromatic carbocycles. The summed E-state index contributed by atoms with van der Waals surface area (Å²) in [7, 11) is 0. The molecule has 0 bridgehead atoms. The summed E-state index contributed by atoms with van der Waals surface area (Å²) in [5.74, 6) is 0.592. The van der Waals surface area contributed by atoms with Gasteiger partial charge in [-0.3, -0.25) is 4.79 Å². The first kappa shape index (κ1) is 18.8. The van der Waals surface area contributed by atoms with Crippen molar-refractivity contribution < 1.29 is 18.0 Å². The summed E-state index contributed by atoms with van der Waals surface area (Å²) < 4.78 is 38.1. The van der Waals surface area contributed by atoms with Gasteiger partial charge in [0.2, 0.25) is 0 Å². The second-order valence-electron chi connectivity index (χ2n) is 6.07. The molecule has 1 fully saturated rings. The van der Waals surface area contributed by atoms with Gasteiger partial charge in [0.1, 0.15) is 6.29 Å². The molecule has 0 radical (unpaired) electrons. The number of aromatic nitrogens is 1. The Morgan fingerprint density at radius 1 is 1.04 bits per heavy atom. The van der Waals surface area contributed by atoms with Gasteiger partial charge in [-0.25, -0.2) is 4.98 Å². The van der Waals surface area contributed by atoms with Crippen molar-refractivity contribution in [3.8, 4) is 0 Å². The van der Waals surface area contributed by atoms with Gasteiger partial charge in [0, 0.05) is 44.3 Å². The minimum atomic E-state index is -4.35. The number of carbonyl (C=O) groups is 1. The largest absolute Gasteiger partial charge is 0.416 e. The minimum absolute atomic E-state index is 0.538. The van der Waals surface area contributed by atoms with E-state index in [9.17, 15) is 18.0 Å². The fraction of sp³-hybridized carbons (Fsp3) is 0.263. The fourth-order valence-electron chi connectivity index (χ4n) is 2.90. The molecule has 5 nitrogen and oxygen atoms in total. The minimum Gasteiger partial charge on any atom is -0.374 e. The molecule has 0 atom stereocenters. The molecule has 2 aromatic rings. The average Bonchev–Trinajstić information content (AvgIpc) is 2.67. The summed E-state index contributed by atoms with van der Waals surface area (Å²) in [6, 6.07) is 8.63. The zero-order valence-electron chi connectivity index (χ0n) is 14.5. The predicted octanol–water partition coefficient (Wildman–Crippen LogP) is 3.68. The molecule has 3 rings (SSSR count). The summed E-state index contributed by atoms with van der Waals surface area (Å²) in [5, 5.41) is 3.10. The van der Waals surface area contributed by atoms with E-state index in [1.54, 1.807) is 12.4 Å². The first-order valence-corrected chi connectivity index (χ1v) is 8.47. The van der Waals surface area contributed by atoms with E-state index in [2.05, 4.69) is 20.1 Å². The number of anilines is 3. The third-order valence-electron chi connectivity index (χ3n) is 4.29. The number of hydrogen-bond acceptors (Lipinski definition) is 5. The molecule has 1 aliphatic rings. The van der Waals surface area contributed by atoms with Crippen LogP contribution in [-0.2, 0) is 11.0 Å². The third-order valence-corrected chi connectivity index (χ3v) is 4.29. The topological polar surface area (TPSA) is 48.5 Å². The Morgan fingerprint density at radius 3 is 2.37 bits per heavy atom. The molecule has 0 aliphatic carbocycles. The number of rotatable bonds is 5. The van der Waals surface area contributed by atoms with Gasteiger partial charge in [-0.15, -0.1) is 0 Å². The molecule has 27 heavy (non-hydrogen) atoms. The number of hydrogen-bond donors (Lipinski definition) is 1. The lowest BCUT2D eigenvalue weighted by Gasteiger charge is -2.36. The van der Waals surface area contributed by atoms with Crippen molar-refractivity contribution in [3.63, 3.8) is 0 Å². The van der Waals surface area contributed by atoms with Gasteiger partial charge >= 0.3 is 6.18 Å². The Bertz CT molecular complexity index is 797. The normalized spacial score (nSPS) is 15.2. The standard InChI is InChI=1S/C19H19F3N4O/c20-19(21,22)15-4-6-16(7-5-15)24-18-17(3-1-8-23-18)26-12-10-25(11-13-26)9-2-14-27/h1-9,14H,10-13H2,(H,23,24). The smallest absolute Gasteiger partial charge is 0.374 e. The predicted molar refractivity (Wildman–Crippen MR) is 98.0 cm³/mol. The van der Waals surface area contributed by atoms with Gasteiger partial charge < -0.3 is 15.1 Å². The maximum Gasteiger partial charge on any atom is 0.416 e. The van der Waals surface area contributed by atoms with E-state index < -0.39 is 11.7 Å². The molecule has 1 aromatic heterocycles. The van der Waals surface area contributed by atoms with Crippen LogP contribution >= 0.6 is 0 Å². The van der Waals surface area contributed by atoms with Crippen molar-refractivity contribution in [3.05, 3.63) is 60.4 Å². The Hall–Kier alpha value is -3.03. The van der Waals surface area contributed by atoms with Crippen LogP contribution < -0.4 is 10.2 Å². The van der Waals surface area contributed by atoms with Crippen LogP contribution in [0.1, 0.15) is 5.56 Å². The molecule has 8 heteroatoms. The number of nitrogens with one attached hydrogen (secondary N) is 1. The lowest BCUT2D eigenvalue weighted by Crippen LogP contribution is -2.44. The van der Waals surface area contributed by atoms with Gasteiger partial charge in [0.05, 0.1) is 11.3 Å². The van der Waals surface area contributed by atoms with Crippen molar-refractivity contribution in [2.45, 2.75) is 6.18 Å². The number of allylic oxidation sites excluding steroid dienone is 1. The molecule has 1 saturated heterocycles. The first-order valence-electron chi connectivity index (χ1n) is 8.47. The lowest BCUT2D eigenvalue weighted by molar-refractivity contribution is -0.137. The molecular weight excluding hydrogens is 357 g/mol. The number of aldehydes is 1. The quantitative estimate of drug-likeness (QED) is 0.637. The number of benzene rings is 1. The lowest BCUT2D eigenvalue weighted by atomic mass is 10.2. The molecule has 0 saturated carbocycles. The van der Waals surface area contributed by atoms with Crippen molar-refractivity contribution >= 4 is 23.5 Å². The highest BCUT2D eigenvalue weighted by Crippen LogP contribution is 2.31. The molecule has 0 spiro atoms. The SMILES string of the molecule is O=CC=CN1CCN(c2cccnc2Nc2ccc(C(F)(F)F)cc2)CC1. The summed E-state index contributed by atoms with van der Waals surface area (Å²) in [6.45, 7) is 3.02. The number of carbonyl (C=O) groups excluding carboxylic acids is 1. The van der Waals surface area contributed by atoms with E-state index in [4.69, 9.17) is 0 Å². The molecule has 0 unspecified atom stereocenters. The second-order valence-corrected chi connectivity index (χ2v) is 6.07. The van der Waals surface area contributed by atoms with E-state index in [0.29, 0.717) is 11.5 Å². The first-order chi connectivity index (χ1) is 13.0. The number of piperazine rings is 1. The van der Waals surface area contributed by atoms with Gasteiger partial charge in [0.25, 0.3) is 0 Å². The Balaban J connectivity index is 1.71. The van der Waals surface area contributed by atoms with Crippen LogP contribution in [0.2, 0.25) is 0 Å². The molecule has 0 amide bonds. The van der Waals surface area contributed by atoms with Gasteiger partial charge in [0.15, 0.2) is 5.82 Å². The molecule has 142 valence electrons. The van der Waals surface area contributed by atoms with Gasteiger partial charge in [-0.2, -0.15) is 13.2 Å². The zero-order chi connectivity index (χ0) is 19.3. The van der Waals surface area contributed by atoms with Crippen LogP contribution in [0.25, 0.3) is 0 Å². The monoisotopic (exact) mass is 376 g/mol. The van der Waals surface area contributed by atoms with E-state index >= 15 is 0 Å². The molecule has 1 N–H and O–H groups in total. The summed E-state index contributed by atoms with van der Waals surface area (Å²) in [6.07, 6.45) is 1.28. The molecule has 2 heterocycles. The van der Waals surface area contributed by atoms with E-state index in [1.165, 1.54) is 18.2 Å². The number of nitrogens with zero attached hydrogens (tertiary/aromatic N) is 3. The van der Waals surface area contributed by atoms with Crippen molar-refractivity contribution in [2.75, 3.05) is 36.4 Å². The van der Waals surface area contributed by atoms with Crippen molar-refractivity contribution in [1.29, 1.82) is 0 Å². The highest BCUT2D eigenvalue weighted by Gasteiger charge is 2.30. The Labute approximate surface area is 155 Å². The van der Waals surface area contributed by atoms with Crippen LogP contribution in [0.5, 0.6) is 0 Å². The van der Waals surface area contributed by atoms with Gasteiger partial charge in [-0.1, -0.05) is 0 Å². The summed E-state index contributed by atoms with van der Waals surface area (Å²) in [5.41, 5.74) is 0.737. The van der Waals surface area contributed by atoms with Crippen molar-refractivity contribution in [2.24, 2.45) is 0 Å². The molecular formula is C19H19F3N4O. The van der Waals surface area contributed by atoms with Gasteiger partial charge in [-0.05, 0) is 42.5 Å². The summed E-state index contributed by atoms with van der Waals surface area (Å²) >= 11 is 0. The fourth-order valence-corrected chi connectivity index (χ4v) is 2.90. The van der Waals surface area contributed by atoms with Crippen LogP contribution in [0, 0.1) is 0 Å². The number of alkyl halides is 3. The van der Waals surface area contributed by atoms with Crippen molar-refractivity contribution in [1.82, 2.24) is 9.88 Å². The maximum atomic E-state index is 12.7. The molecule has 1 aliphatic heterocycles. The van der Waals surface area contributed by atoms with E-state index in [1.807, 2.05) is 12.1 Å². The average molecular weight is 376 g/mol. The second kappa shape index (κ2) is 8.11. The van der Waals surface area contributed by atoms with Crippen LogP contribution in [-0.4, -0.2) is 42.3 Å². The maximum absolute atomic E-state index is 12.7. The Morgan fingerprint density at radius 2 is 1.74 bits per heavy atom. The van der Waals surface area contributed by atoms with Crippen LogP contribution in [0.3, 0.4) is 0 Å². The highest BCUT2D eigenvalue weighted by atomic mass is 19.4. The third kappa shape index (κ3) is 4.78. The summed E-state index contributed by atoms with van der Waals surface area (Å²) in [4.78, 5) is 19.0. The zero-order valence-corrected chi connectivity index (χ0v) is 14.5. The van der Waals surface area contributed by atoms with Crippen LogP contribution in [0.15, 0.2) is 54.9 Å². The number of halogens is 3.